The van der Waals surface area contributed by atoms with Crippen molar-refractivity contribution in [3.63, 3.8) is 0 Å². The van der Waals surface area contributed by atoms with Crippen molar-refractivity contribution in [1.82, 2.24) is 9.55 Å². The van der Waals surface area contributed by atoms with Crippen LogP contribution in [0.5, 0.6) is 0 Å². The summed E-state index contributed by atoms with van der Waals surface area (Å²) in [5, 5.41) is 3.10. The van der Waals surface area contributed by atoms with Crippen LogP contribution < -0.4 is 5.32 Å². The second-order valence-electron chi connectivity index (χ2n) is 5.91. The summed E-state index contributed by atoms with van der Waals surface area (Å²) < 4.78 is 2.32. The second kappa shape index (κ2) is 8.49. The zero-order valence-corrected chi connectivity index (χ0v) is 14.6. The Kier molecular flexibility index (Phi) is 5.86. The molecule has 128 valence electrons. The molecule has 0 bridgehead atoms. The molecular formula is C20H20ClN3O. The number of nitrogens with one attached hydrogen (secondary N) is 1. The molecule has 1 heterocycles. The summed E-state index contributed by atoms with van der Waals surface area (Å²) in [6.45, 7) is 0. The molecule has 4 rings (SSSR count). The number of rotatable bonds is 4. The Morgan fingerprint density at radius 1 is 1.12 bits per heavy atom. The fourth-order valence-electron chi connectivity index (χ4n) is 2.74. The van der Waals surface area contributed by atoms with Crippen LogP contribution in [0.15, 0.2) is 67.1 Å². The van der Waals surface area contributed by atoms with E-state index in [1.54, 1.807) is 24.3 Å². The Bertz CT molecular complexity index is 813. The SMILES string of the molecule is O=CNc1cccc(Cl)c1.c1ccc(-c2cncn2C2CCC2)cc1. The Morgan fingerprint density at radius 2 is 1.92 bits per heavy atom. The molecule has 1 aromatic heterocycles. The van der Waals surface area contributed by atoms with Gasteiger partial charge in [-0.3, -0.25) is 4.79 Å². The molecule has 0 unspecified atom stereocenters. The van der Waals surface area contributed by atoms with Gasteiger partial charge in [0.15, 0.2) is 0 Å². The summed E-state index contributed by atoms with van der Waals surface area (Å²) >= 11 is 5.62. The van der Waals surface area contributed by atoms with E-state index in [4.69, 9.17) is 11.6 Å². The first-order valence-electron chi connectivity index (χ1n) is 8.31. The molecule has 1 aliphatic carbocycles. The standard InChI is InChI=1S/C13H14N2.C7H6ClNO/c1-2-5-11(6-3-1)13-9-14-10-15(13)12-7-4-8-12;8-6-2-1-3-7(4-6)9-5-10/h1-3,5-6,9-10,12H,4,7-8H2;1-5H,(H,9,10). The van der Waals surface area contributed by atoms with E-state index in [9.17, 15) is 4.79 Å². The molecule has 1 fully saturated rings. The molecular weight excluding hydrogens is 334 g/mol. The van der Waals surface area contributed by atoms with Crippen molar-refractivity contribution in [2.75, 3.05) is 5.32 Å². The van der Waals surface area contributed by atoms with Crippen molar-refractivity contribution in [2.45, 2.75) is 25.3 Å². The first-order chi connectivity index (χ1) is 12.3. The Labute approximate surface area is 152 Å². The normalized spacial score (nSPS) is 13.3. The summed E-state index contributed by atoms with van der Waals surface area (Å²) in [5.41, 5.74) is 3.23. The zero-order chi connectivity index (χ0) is 17.5. The quantitative estimate of drug-likeness (QED) is 0.656. The fourth-order valence-corrected chi connectivity index (χ4v) is 2.93. The largest absolute Gasteiger partial charge is 0.329 e. The fraction of sp³-hybridized carbons (Fsp3) is 0.200. The summed E-state index contributed by atoms with van der Waals surface area (Å²) in [5.74, 6) is 0. The first-order valence-corrected chi connectivity index (χ1v) is 8.68. The van der Waals surface area contributed by atoms with Gasteiger partial charge in [-0.05, 0) is 43.0 Å². The molecule has 0 radical (unpaired) electrons. The highest BCUT2D eigenvalue weighted by molar-refractivity contribution is 6.30. The molecule has 1 N–H and O–H groups in total. The van der Waals surface area contributed by atoms with E-state index in [1.807, 2.05) is 18.6 Å². The predicted octanol–water partition coefficient (Wildman–Crippen LogP) is 5.18. The molecule has 5 heteroatoms. The van der Waals surface area contributed by atoms with Crippen molar-refractivity contribution in [3.8, 4) is 11.3 Å². The number of halogens is 1. The highest BCUT2D eigenvalue weighted by Crippen LogP contribution is 2.34. The van der Waals surface area contributed by atoms with Crippen LogP contribution in [0.2, 0.25) is 5.02 Å². The van der Waals surface area contributed by atoms with Gasteiger partial charge in [0.25, 0.3) is 0 Å². The highest BCUT2D eigenvalue weighted by Gasteiger charge is 2.21. The van der Waals surface area contributed by atoms with Crippen LogP contribution in [0.4, 0.5) is 5.69 Å². The van der Waals surface area contributed by atoms with Gasteiger partial charge in [-0.25, -0.2) is 4.98 Å². The maximum atomic E-state index is 9.93. The van der Waals surface area contributed by atoms with Crippen molar-refractivity contribution >= 4 is 23.7 Å². The number of nitrogens with zero attached hydrogens (tertiary/aromatic N) is 2. The average molecular weight is 354 g/mol. The maximum absolute atomic E-state index is 9.93. The molecule has 1 amide bonds. The van der Waals surface area contributed by atoms with Crippen molar-refractivity contribution in [1.29, 1.82) is 0 Å². The van der Waals surface area contributed by atoms with Gasteiger partial charge < -0.3 is 9.88 Å². The molecule has 3 aromatic rings. The summed E-state index contributed by atoms with van der Waals surface area (Å²) in [6, 6.07) is 18.1. The van der Waals surface area contributed by atoms with E-state index in [0.717, 1.165) is 0 Å². The lowest BCUT2D eigenvalue weighted by molar-refractivity contribution is -0.105. The first kappa shape index (κ1) is 17.2. The average Bonchev–Trinajstić information content (AvgIpc) is 3.04. The number of carbonyl (C=O) groups is 1. The number of carbonyl (C=O) groups excluding carboxylic acids is 1. The number of amides is 1. The molecule has 0 saturated heterocycles. The van der Waals surface area contributed by atoms with Crippen LogP contribution in [-0.2, 0) is 4.79 Å². The van der Waals surface area contributed by atoms with Crippen LogP contribution in [0.1, 0.15) is 25.3 Å². The number of hydrogen-bond donors (Lipinski definition) is 1. The number of anilines is 1. The molecule has 2 aromatic carbocycles. The third-order valence-electron chi connectivity index (χ3n) is 4.25. The topological polar surface area (TPSA) is 46.9 Å². The lowest BCUT2D eigenvalue weighted by Crippen LogP contribution is -2.16. The van der Waals surface area contributed by atoms with Gasteiger partial charge in [0.05, 0.1) is 18.2 Å². The Balaban J connectivity index is 0.000000160. The third-order valence-corrected chi connectivity index (χ3v) is 4.49. The van der Waals surface area contributed by atoms with Gasteiger partial charge in [0, 0.05) is 16.8 Å². The number of benzene rings is 2. The van der Waals surface area contributed by atoms with Crippen LogP contribution in [0.25, 0.3) is 11.3 Å². The molecule has 1 aliphatic rings. The van der Waals surface area contributed by atoms with Crippen LogP contribution >= 0.6 is 11.6 Å². The van der Waals surface area contributed by atoms with E-state index in [0.29, 0.717) is 23.2 Å². The third kappa shape index (κ3) is 4.48. The van der Waals surface area contributed by atoms with Crippen LogP contribution in [0.3, 0.4) is 0 Å². The van der Waals surface area contributed by atoms with Crippen LogP contribution in [0, 0.1) is 0 Å². The zero-order valence-electron chi connectivity index (χ0n) is 13.8. The molecule has 1 saturated carbocycles. The monoisotopic (exact) mass is 353 g/mol. The molecule has 0 atom stereocenters. The Morgan fingerprint density at radius 3 is 2.56 bits per heavy atom. The van der Waals surface area contributed by atoms with Gasteiger partial charge >= 0.3 is 0 Å². The molecule has 25 heavy (non-hydrogen) atoms. The number of aromatic nitrogens is 2. The minimum Gasteiger partial charge on any atom is -0.329 e. The molecule has 0 aliphatic heterocycles. The lowest BCUT2D eigenvalue weighted by Gasteiger charge is -2.28. The van der Waals surface area contributed by atoms with Gasteiger partial charge in [0.2, 0.25) is 6.41 Å². The van der Waals surface area contributed by atoms with E-state index in [2.05, 4.69) is 39.1 Å². The van der Waals surface area contributed by atoms with Crippen molar-refractivity contribution in [2.24, 2.45) is 0 Å². The van der Waals surface area contributed by atoms with Crippen LogP contribution in [-0.4, -0.2) is 16.0 Å². The predicted molar refractivity (Wildman–Crippen MR) is 102 cm³/mol. The maximum Gasteiger partial charge on any atom is 0.211 e. The molecule has 4 nitrogen and oxygen atoms in total. The minimum atomic E-state index is 0.617. The van der Waals surface area contributed by atoms with Gasteiger partial charge in [-0.2, -0.15) is 0 Å². The summed E-state index contributed by atoms with van der Waals surface area (Å²) in [7, 11) is 0. The summed E-state index contributed by atoms with van der Waals surface area (Å²) in [6.07, 6.45) is 8.51. The number of imidazole rings is 1. The lowest BCUT2D eigenvalue weighted by atomic mass is 9.92. The van der Waals surface area contributed by atoms with E-state index in [1.165, 1.54) is 30.5 Å². The van der Waals surface area contributed by atoms with Gasteiger partial charge in [0.1, 0.15) is 0 Å². The van der Waals surface area contributed by atoms with Crippen molar-refractivity contribution in [3.05, 3.63) is 72.1 Å². The Hall–Kier alpha value is -2.59. The second-order valence-corrected chi connectivity index (χ2v) is 6.35. The molecule has 0 spiro atoms. The minimum absolute atomic E-state index is 0.617. The van der Waals surface area contributed by atoms with Gasteiger partial charge in [-0.1, -0.05) is 48.0 Å². The smallest absolute Gasteiger partial charge is 0.211 e. The highest BCUT2D eigenvalue weighted by atomic mass is 35.5. The number of hydrogen-bond acceptors (Lipinski definition) is 2. The summed E-state index contributed by atoms with van der Waals surface area (Å²) in [4.78, 5) is 14.2. The van der Waals surface area contributed by atoms with Gasteiger partial charge in [-0.15, -0.1) is 0 Å². The van der Waals surface area contributed by atoms with E-state index < -0.39 is 0 Å². The van der Waals surface area contributed by atoms with E-state index in [-0.39, 0.29) is 0 Å². The van der Waals surface area contributed by atoms with Crippen molar-refractivity contribution < 1.29 is 4.79 Å². The van der Waals surface area contributed by atoms with E-state index >= 15 is 0 Å².